The lowest BCUT2D eigenvalue weighted by Crippen LogP contribution is -2.47. The van der Waals surface area contributed by atoms with E-state index in [2.05, 4.69) is 26.2 Å². The molecule has 3 rings (SSSR count). The van der Waals surface area contributed by atoms with Gasteiger partial charge in [0.05, 0.1) is 0 Å². The van der Waals surface area contributed by atoms with Crippen molar-refractivity contribution < 1.29 is 9.53 Å². The highest BCUT2D eigenvalue weighted by molar-refractivity contribution is 9.10. The van der Waals surface area contributed by atoms with Crippen LogP contribution in [-0.2, 0) is 0 Å². The minimum Gasteiger partial charge on any atom is -0.438 e. The summed E-state index contributed by atoms with van der Waals surface area (Å²) in [5, 5.41) is 3.25. The molecule has 24 heavy (non-hydrogen) atoms. The van der Waals surface area contributed by atoms with Crippen molar-refractivity contribution in [1.29, 1.82) is 0 Å². The third kappa shape index (κ3) is 3.94. The van der Waals surface area contributed by atoms with Crippen LogP contribution in [0.5, 0.6) is 11.6 Å². The van der Waals surface area contributed by atoms with Crippen LogP contribution in [0.4, 0.5) is 0 Å². The first-order valence-electron chi connectivity index (χ1n) is 8.02. The molecule has 1 saturated heterocycles. The van der Waals surface area contributed by atoms with Gasteiger partial charge in [0.1, 0.15) is 11.3 Å². The zero-order chi connectivity index (χ0) is 16.9. The monoisotopic (exact) mass is 389 g/mol. The van der Waals surface area contributed by atoms with Crippen molar-refractivity contribution in [3.05, 3.63) is 52.6 Å². The first-order valence-corrected chi connectivity index (χ1v) is 8.81. The Balaban J connectivity index is 1.82. The molecule has 1 N–H and O–H groups in total. The summed E-state index contributed by atoms with van der Waals surface area (Å²) in [6, 6.07) is 11.4. The number of aromatic nitrogens is 1. The normalized spacial score (nSPS) is 17.6. The number of likely N-dealkylation sites (tertiary alicyclic amines) is 1. The molecule has 1 atom stereocenters. The number of rotatable bonds is 4. The van der Waals surface area contributed by atoms with Gasteiger partial charge in [-0.05, 0) is 50.2 Å². The van der Waals surface area contributed by atoms with Gasteiger partial charge in [-0.25, -0.2) is 4.98 Å². The van der Waals surface area contributed by atoms with Gasteiger partial charge < -0.3 is 15.0 Å². The van der Waals surface area contributed by atoms with Crippen molar-refractivity contribution in [3.8, 4) is 11.6 Å². The second-order valence-electron chi connectivity index (χ2n) is 5.79. The first-order chi connectivity index (χ1) is 11.7. The Morgan fingerprint density at radius 2 is 2.25 bits per heavy atom. The minimum atomic E-state index is -0.0342. The largest absolute Gasteiger partial charge is 0.438 e. The smallest absolute Gasteiger partial charge is 0.259 e. The first kappa shape index (κ1) is 16.9. The average Bonchev–Trinajstić information content (AvgIpc) is 2.62. The van der Waals surface area contributed by atoms with Gasteiger partial charge in [0.25, 0.3) is 5.91 Å². The fraction of sp³-hybridized carbons (Fsp3) is 0.333. The maximum atomic E-state index is 12.9. The number of carbonyl (C=O) groups excluding carboxylic acids is 1. The van der Waals surface area contributed by atoms with E-state index in [1.165, 1.54) is 0 Å². The molecule has 126 valence electrons. The Morgan fingerprint density at radius 1 is 1.38 bits per heavy atom. The minimum absolute atomic E-state index is 0.0342. The van der Waals surface area contributed by atoms with Gasteiger partial charge in [0.2, 0.25) is 5.88 Å². The van der Waals surface area contributed by atoms with Crippen LogP contribution in [0, 0.1) is 0 Å². The van der Waals surface area contributed by atoms with E-state index in [9.17, 15) is 4.79 Å². The van der Waals surface area contributed by atoms with Crippen molar-refractivity contribution in [1.82, 2.24) is 15.2 Å². The number of ether oxygens (including phenoxy) is 1. The number of nitrogens with one attached hydrogen (secondary N) is 1. The standard InChI is InChI=1S/C18H20BrN3O2/c1-20-14-6-4-10-22(12-14)18(23)16-8-3-9-21-17(16)24-15-7-2-5-13(19)11-15/h2-3,5,7-9,11,14,20H,4,6,10,12H2,1H3/t14-/m1/s1. The number of halogens is 1. The number of amides is 1. The highest BCUT2D eigenvalue weighted by Crippen LogP contribution is 2.27. The summed E-state index contributed by atoms with van der Waals surface area (Å²) in [6.07, 6.45) is 3.73. The summed E-state index contributed by atoms with van der Waals surface area (Å²) in [7, 11) is 1.94. The fourth-order valence-electron chi connectivity index (χ4n) is 2.84. The molecule has 0 radical (unpaired) electrons. The maximum absolute atomic E-state index is 12.9. The van der Waals surface area contributed by atoms with Crippen molar-refractivity contribution >= 4 is 21.8 Å². The molecule has 2 aromatic rings. The third-order valence-corrected chi connectivity index (χ3v) is 4.62. The van der Waals surface area contributed by atoms with Crippen molar-refractivity contribution in [2.45, 2.75) is 18.9 Å². The molecule has 1 fully saturated rings. The zero-order valence-electron chi connectivity index (χ0n) is 13.5. The van der Waals surface area contributed by atoms with E-state index in [0.717, 1.165) is 23.9 Å². The summed E-state index contributed by atoms with van der Waals surface area (Å²) < 4.78 is 6.76. The number of pyridine rings is 1. The Hall–Kier alpha value is -1.92. The number of hydrogen-bond acceptors (Lipinski definition) is 4. The van der Waals surface area contributed by atoms with Crippen LogP contribution in [0.3, 0.4) is 0 Å². The van der Waals surface area contributed by atoms with Crippen molar-refractivity contribution in [3.63, 3.8) is 0 Å². The zero-order valence-corrected chi connectivity index (χ0v) is 15.1. The van der Waals surface area contributed by atoms with Crippen LogP contribution in [0.2, 0.25) is 0 Å². The van der Waals surface area contributed by atoms with Gasteiger partial charge >= 0.3 is 0 Å². The summed E-state index contributed by atoms with van der Waals surface area (Å²) in [5.41, 5.74) is 0.495. The second-order valence-corrected chi connectivity index (χ2v) is 6.71. The number of likely N-dealkylation sites (N-methyl/N-ethyl adjacent to an activating group) is 1. The van der Waals surface area contributed by atoms with E-state index in [-0.39, 0.29) is 5.91 Å². The van der Waals surface area contributed by atoms with Crippen molar-refractivity contribution in [2.24, 2.45) is 0 Å². The topological polar surface area (TPSA) is 54.5 Å². The number of hydrogen-bond donors (Lipinski definition) is 1. The van der Waals surface area contributed by atoms with E-state index in [0.29, 0.717) is 29.8 Å². The molecule has 0 unspecified atom stereocenters. The van der Waals surface area contributed by atoms with Crippen molar-refractivity contribution in [2.75, 3.05) is 20.1 Å². The molecule has 1 aromatic carbocycles. The van der Waals surface area contributed by atoms with E-state index in [4.69, 9.17) is 4.74 Å². The van der Waals surface area contributed by atoms with Crippen LogP contribution in [-0.4, -0.2) is 42.0 Å². The summed E-state index contributed by atoms with van der Waals surface area (Å²) in [6.45, 7) is 1.47. The Bertz CT molecular complexity index is 723. The SMILES string of the molecule is CN[C@@H]1CCCN(C(=O)c2cccnc2Oc2cccc(Br)c2)C1. The number of nitrogens with zero attached hydrogens (tertiary/aromatic N) is 2. The molecular formula is C18H20BrN3O2. The number of piperidine rings is 1. The predicted molar refractivity (Wildman–Crippen MR) is 96.4 cm³/mol. The Kier molecular flexibility index (Phi) is 5.48. The lowest BCUT2D eigenvalue weighted by atomic mass is 10.0. The third-order valence-electron chi connectivity index (χ3n) is 4.13. The van der Waals surface area contributed by atoms with E-state index < -0.39 is 0 Å². The molecule has 6 heteroatoms. The molecule has 0 saturated carbocycles. The van der Waals surface area contributed by atoms with E-state index in [1.807, 2.05) is 36.2 Å². The fourth-order valence-corrected chi connectivity index (χ4v) is 3.22. The van der Waals surface area contributed by atoms with Gasteiger partial charge in [-0.1, -0.05) is 22.0 Å². The molecule has 0 spiro atoms. The molecule has 0 bridgehead atoms. The average molecular weight is 390 g/mol. The van der Waals surface area contributed by atoms with E-state index in [1.54, 1.807) is 18.3 Å². The van der Waals surface area contributed by atoms with E-state index >= 15 is 0 Å². The Morgan fingerprint density at radius 3 is 3.04 bits per heavy atom. The van der Waals surface area contributed by atoms with Crippen LogP contribution < -0.4 is 10.1 Å². The Labute approximate surface area is 150 Å². The van der Waals surface area contributed by atoms with Crippen LogP contribution >= 0.6 is 15.9 Å². The molecule has 5 nitrogen and oxygen atoms in total. The van der Waals surface area contributed by atoms with Crippen LogP contribution in [0.1, 0.15) is 23.2 Å². The van der Waals surface area contributed by atoms with Gasteiger partial charge in [0, 0.05) is 29.8 Å². The molecular weight excluding hydrogens is 370 g/mol. The second kappa shape index (κ2) is 7.77. The van der Waals surface area contributed by atoms with Crippen LogP contribution in [0.15, 0.2) is 47.1 Å². The molecule has 0 aliphatic carbocycles. The highest BCUT2D eigenvalue weighted by Gasteiger charge is 2.26. The molecule has 1 aliphatic rings. The molecule has 1 aromatic heterocycles. The maximum Gasteiger partial charge on any atom is 0.259 e. The van der Waals surface area contributed by atoms with Gasteiger partial charge in [-0.3, -0.25) is 4.79 Å². The summed E-state index contributed by atoms with van der Waals surface area (Å²) in [4.78, 5) is 19.0. The van der Waals surface area contributed by atoms with Gasteiger partial charge in [-0.15, -0.1) is 0 Å². The quantitative estimate of drug-likeness (QED) is 0.869. The van der Waals surface area contributed by atoms with Crippen LogP contribution in [0.25, 0.3) is 0 Å². The highest BCUT2D eigenvalue weighted by atomic mass is 79.9. The summed E-state index contributed by atoms with van der Waals surface area (Å²) in [5.74, 6) is 0.948. The lowest BCUT2D eigenvalue weighted by molar-refractivity contribution is 0.0695. The lowest BCUT2D eigenvalue weighted by Gasteiger charge is -2.32. The number of benzene rings is 1. The molecule has 1 aliphatic heterocycles. The molecule has 1 amide bonds. The number of carbonyl (C=O) groups is 1. The summed E-state index contributed by atoms with van der Waals surface area (Å²) >= 11 is 3.42. The van der Waals surface area contributed by atoms with Gasteiger partial charge in [0.15, 0.2) is 0 Å². The predicted octanol–water partition coefficient (Wildman–Crippen LogP) is 3.46. The molecule has 2 heterocycles. The van der Waals surface area contributed by atoms with Gasteiger partial charge in [-0.2, -0.15) is 0 Å².